The maximum atomic E-state index is 11.5. The Morgan fingerprint density at radius 3 is 3.14 bits per heavy atom. The van der Waals surface area contributed by atoms with Gasteiger partial charge >= 0.3 is 0 Å². The van der Waals surface area contributed by atoms with Crippen molar-refractivity contribution in [3.05, 3.63) is 29.7 Å². The second kappa shape index (κ2) is 4.31. The van der Waals surface area contributed by atoms with Crippen molar-refractivity contribution in [3.63, 3.8) is 0 Å². The summed E-state index contributed by atoms with van der Waals surface area (Å²) in [6, 6.07) is 5.38. The number of primary amides is 1. The van der Waals surface area contributed by atoms with Crippen LogP contribution in [0, 0.1) is 5.92 Å². The van der Waals surface area contributed by atoms with Gasteiger partial charge in [-0.05, 0) is 43.9 Å². The van der Waals surface area contributed by atoms with Gasteiger partial charge in [-0.15, -0.1) is 0 Å². The molecule has 0 unspecified atom stereocenters. The number of carbonyl (C=O) groups is 1. The van der Waals surface area contributed by atoms with E-state index in [1.165, 1.54) is 6.42 Å². The van der Waals surface area contributed by atoms with Gasteiger partial charge < -0.3 is 10.2 Å². The Balaban J connectivity index is 1.88. The predicted octanol–water partition coefficient (Wildman–Crippen LogP) is 2.26. The Bertz CT molecular complexity index is 723. The van der Waals surface area contributed by atoms with Crippen molar-refractivity contribution in [2.24, 2.45) is 11.7 Å². The fraction of sp³-hybridized carbons (Fsp3) is 0.500. The normalized spacial score (nSPS) is 28.5. The number of nitrogens with zero attached hydrogens (tertiary/aromatic N) is 2. The highest BCUT2D eigenvalue weighted by Gasteiger charge is 2.54. The largest absolute Gasteiger partial charge is 0.438 e. The molecule has 1 saturated heterocycles. The third kappa shape index (κ3) is 1.67. The third-order valence-corrected chi connectivity index (χ3v) is 5.14. The molecule has 5 nitrogen and oxygen atoms in total. The Hall–Kier alpha value is -1.88. The van der Waals surface area contributed by atoms with Gasteiger partial charge in [0.2, 0.25) is 5.89 Å². The van der Waals surface area contributed by atoms with Gasteiger partial charge in [0.15, 0.2) is 5.58 Å². The number of piperidine rings is 1. The van der Waals surface area contributed by atoms with Crippen LogP contribution in [0.1, 0.15) is 42.4 Å². The molecule has 2 heterocycles. The quantitative estimate of drug-likeness (QED) is 0.939. The second-order valence-electron chi connectivity index (χ2n) is 6.22. The molecule has 2 fully saturated rings. The van der Waals surface area contributed by atoms with Gasteiger partial charge in [0.1, 0.15) is 5.52 Å². The summed E-state index contributed by atoms with van der Waals surface area (Å²) in [4.78, 5) is 18.7. The molecule has 1 saturated carbocycles. The van der Waals surface area contributed by atoms with Crippen molar-refractivity contribution in [1.82, 2.24) is 9.88 Å². The van der Waals surface area contributed by atoms with E-state index >= 15 is 0 Å². The number of aromatic nitrogens is 1. The lowest BCUT2D eigenvalue weighted by Crippen LogP contribution is -2.42. The monoisotopic (exact) mass is 285 g/mol. The summed E-state index contributed by atoms with van der Waals surface area (Å²) in [6.45, 7) is 4.30. The van der Waals surface area contributed by atoms with E-state index < -0.39 is 5.91 Å². The van der Waals surface area contributed by atoms with Crippen LogP contribution in [0.5, 0.6) is 0 Å². The van der Waals surface area contributed by atoms with Gasteiger partial charge in [0.25, 0.3) is 5.91 Å². The van der Waals surface area contributed by atoms with Crippen molar-refractivity contribution in [3.8, 4) is 0 Å². The topological polar surface area (TPSA) is 72.4 Å². The molecule has 2 aliphatic rings. The summed E-state index contributed by atoms with van der Waals surface area (Å²) in [5.74, 6) is 1.03. The molecule has 2 atom stereocenters. The number of nitrogens with two attached hydrogens (primary N) is 1. The van der Waals surface area contributed by atoms with Crippen LogP contribution in [-0.2, 0) is 5.54 Å². The minimum absolute atomic E-state index is 0.0760. The van der Waals surface area contributed by atoms with Crippen molar-refractivity contribution >= 4 is 17.0 Å². The first-order chi connectivity index (χ1) is 10.1. The Labute approximate surface area is 123 Å². The summed E-state index contributed by atoms with van der Waals surface area (Å²) in [6.07, 6.45) is 3.43. The van der Waals surface area contributed by atoms with E-state index in [0.717, 1.165) is 43.3 Å². The van der Waals surface area contributed by atoms with E-state index in [9.17, 15) is 4.79 Å². The SMILES string of the molecule is CCN1C[C@@H]2CC[C@]1(c1nc3cccc(C(N)=O)c3o1)C2. The number of rotatable bonds is 3. The lowest BCUT2D eigenvalue weighted by Gasteiger charge is -2.35. The molecular weight excluding hydrogens is 266 g/mol. The molecule has 4 rings (SSSR count). The molecular formula is C16H19N3O2. The fourth-order valence-corrected chi connectivity index (χ4v) is 4.16. The zero-order valence-corrected chi connectivity index (χ0v) is 12.1. The van der Waals surface area contributed by atoms with Crippen molar-refractivity contribution in [2.75, 3.05) is 13.1 Å². The number of para-hydroxylation sites is 1. The van der Waals surface area contributed by atoms with Crippen molar-refractivity contribution < 1.29 is 9.21 Å². The van der Waals surface area contributed by atoms with E-state index in [1.54, 1.807) is 12.1 Å². The number of likely N-dealkylation sites (tertiary alicyclic amines) is 1. The molecule has 1 aromatic carbocycles. The number of benzene rings is 1. The van der Waals surface area contributed by atoms with Gasteiger partial charge in [-0.3, -0.25) is 9.69 Å². The zero-order chi connectivity index (χ0) is 14.6. The molecule has 0 radical (unpaired) electrons. The number of amides is 1. The Kier molecular flexibility index (Phi) is 2.63. The molecule has 21 heavy (non-hydrogen) atoms. The molecule has 5 heteroatoms. The molecule has 110 valence electrons. The molecule has 2 N–H and O–H groups in total. The molecule has 2 bridgehead atoms. The number of hydrogen-bond donors (Lipinski definition) is 1. The first-order valence-corrected chi connectivity index (χ1v) is 7.59. The number of fused-ring (bicyclic) bond motifs is 3. The summed E-state index contributed by atoms with van der Waals surface area (Å²) in [7, 11) is 0. The zero-order valence-electron chi connectivity index (χ0n) is 12.1. The average molecular weight is 285 g/mol. The van der Waals surface area contributed by atoms with Gasteiger partial charge in [-0.1, -0.05) is 13.0 Å². The first kappa shape index (κ1) is 12.8. The standard InChI is InChI=1S/C16H19N3O2/c1-2-19-9-10-6-7-16(19,8-10)15-18-12-5-3-4-11(14(17)20)13(12)21-15/h3-5,10H,2,6-9H2,1H3,(H2,17,20)/t10-,16-/m1/s1. The molecule has 1 aliphatic carbocycles. The fourth-order valence-electron chi connectivity index (χ4n) is 4.16. The van der Waals surface area contributed by atoms with Crippen LogP contribution >= 0.6 is 0 Å². The van der Waals surface area contributed by atoms with Crippen molar-refractivity contribution in [2.45, 2.75) is 31.7 Å². The molecule has 1 aliphatic heterocycles. The molecule has 0 spiro atoms. The number of hydrogen-bond acceptors (Lipinski definition) is 4. The maximum Gasteiger partial charge on any atom is 0.252 e. The third-order valence-electron chi connectivity index (χ3n) is 5.14. The van der Waals surface area contributed by atoms with Crippen LogP contribution in [0.4, 0.5) is 0 Å². The number of carbonyl (C=O) groups excluding carboxylic acids is 1. The Morgan fingerprint density at radius 1 is 1.57 bits per heavy atom. The van der Waals surface area contributed by atoms with Crippen LogP contribution in [0.25, 0.3) is 11.1 Å². The van der Waals surface area contributed by atoms with Crippen LogP contribution in [0.3, 0.4) is 0 Å². The van der Waals surface area contributed by atoms with E-state index in [-0.39, 0.29) is 5.54 Å². The van der Waals surface area contributed by atoms with Gasteiger partial charge in [-0.2, -0.15) is 0 Å². The van der Waals surface area contributed by atoms with E-state index in [2.05, 4.69) is 16.8 Å². The van der Waals surface area contributed by atoms with Crippen LogP contribution in [0.2, 0.25) is 0 Å². The van der Waals surface area contributed by atoms with Crippen LogP contribution < -0.4 is 5.73 Å². The van der Waals surface area contributed by atoms with Gasteiger partial charge in [0, 0.05) is 6.54 Å². The van der Waals surface area contributed by atoms with Crippen molar-refractivity contribution in [1.29, 1.82) is 0 Å². The average Bonchev–Trinajstić information content (AvgIpc) is 3.17. The minimum Gasteiger partial charge on any atom is -0.438 e. The van der Waals surface area contributed by atoms with Crippen LogP contribution in [-0.4, -0.2) is 28.9 Å². The maximum absolute atomic E-state index is 11.5. The number of oxazole rings is 1. The smallest absolute Gasteiger partial charge is 0.252 e. The highest BCUT2D eigenvalue weighted by Crippen LogP contribution is 2.52. The van der Waals surface area contributed by atoms with E-state index in [0.29, 0.717) is 11.1 Å². The lowest BCUT2D eigenvalue weighted by molar-refractivity contribution is 0.0943. The second-order valence-corrected chi connectivity index (χ2v) is 6.22. The van der Waals surface area contributed by atoms with E-state index in [4.69, 9.17) is 10.2 Å². The highest BCUT2D eigenvalue weighted by atomic mass is 16.4. The molecule has 2 aromatic rings. The molecule has 1 amide bonds. The van der Waals surface area contributed by atoms with Crippen LogP contribution in [0.15, 0.2) is 22.6 Å². The summed E-state index contributed by atoms with van der Waals surface area (Å²) >= 11 is 0. The highest BCUT2D eigenvalue weighted by molar-refractivity contribution is 6.03. The van der Waals surface area contributed by atoms with Gasteiger partial charge in [-0.25, -0.2) is 4.98 Å². The van der Waals surface area contributed by atoms with Gasteiger partial charge in [0.05, 0.1) is 11.1 Å². The summed E-state index contributed by atoms with van der Waals surface area (Å²) in [5.41, 5.74) is 7.02. The minimum atomic E-state index is -0.469. The Morgan fingerprint density at radius 2 is 2.43 bits per heavy atom. The summed E-state index contributed by atoms with van der Waals surface area (Å²) < 4.78 is 6.04. The predicted molar refractivity (Wildman–Crippen MR) is 78.8 cm³/mol. The first-order valence-electron chi connectivity index (χ1n) is 7.59. The van der Waals surface area contributed by atoms with E-state index in [1.807, 2.05) is 6.07 Å². The molecule has 1 aromatic heterocycles. The lowest BCUT2D eigenvalue weighted by atomic mass is 9.97. The summed E-state index contributed by atoms with van der Waals surface area (Å²) in [5, 5.41) is 0.